The quantitative estimate of drug-likeness (QED) is 0.825. The number of nitrogens with one attached hydrogen (secondary N) is 2. The summed E-state index contributed by atoms with van der Waals surface area (Å²) in [6, 6.07) is 0.109. The van der Waals surface area contributed by atoms with E-state index in [1.807, 2.05) is 27.8 Å². The highest BCUT2D eigenvalue weighted by Crippen LogP contribution is 2.42. The standard InChI is InChI=1S/C15H30N2O2/c1-13(2,3)11(10-15(16-7)8-9-15)17-12(18)19-14(4,5)6/h11,16H,8-10H2,1-7H3,(H,17,18). The van der Waals surface area contributed by atoms with E-state index in [1.165, 1.54) is 12.8 Å². The van der Waals surface area contributed by atoms with E-state index < -0.39 is 5.60 Å². The Bertz CT molecular complexity index is 322. The largest absolute Gasteiger partial charge is 0.444 e. The highest BCUT2D eigenvalue weighted by Gasteiger charge is 2.45. The second kappa shape index (κ2) is 5.31. The summed E-state index contributed by atoms with van der Waals surface area (Å²) in [5.74, 6) is 0. The molecule has 0 aromatic rings. The molecule has 1 aliphatic carbocycles. The van der Waals surface area contributed by atoms with Gasteiger partial charge in [-0.1, -0.05) is 20.8 Å². The number of ether oxygens (including phenoxy) is 1. The fraction of sp³-hybridized carbons (Fsp3) is 0.933. The molecule has 2 N–H and O–H groups in total. The third-order valence-electron chi connectivity index (χ3n) is 3.72. The molecule has 1 saturated carbocycles. The van der Waals surface area contributed by atoms with Gasteiger partial charge in [-0.05, 0) is 52.5 Å². The summed E-state index contributed by atoms with van der Waals surface area (Å²) in [5.41, 5.74) is -0.219. The summed E-state index contributed by atoms with van der Waals surface area (Å²) < 4.78 is 5.36. The van der Waals surface area contributed by atoms with Gasteiger partial charge in [-0.25, -0.2) is 4.79 Å². The lowest BCUT2D eigenvalue weighted by atomic mass is 9.82. The molecule has 1 aliphatic rings. The minimum Gasteiger partial charge on any atom is -0.444 e. The van der Waals surface area contributed by atoms with Gasteiger partial charge in [0.15, 0.2) is 0 Å². The molecule has 0 bridgehead atoms. The van der Waals surface area contributed by atoms with Crippen LogP contribution in [0, 0.1) is 5.41 Å². The van der Waals surface area contributed by atoms with Crippen LogP contribution in [0.3, 0.4) is 0 Å². The van der Waals surface area contributed by atoms with Crippen LogP contribution in [-0.4, -0.2) is 30.3 Å². The van der Waals surface area contributed by atoms with Crippen molar-refractivity contribution in [3.8, 4) is 0 Å². The van der Waals surface area contributed by atoms with Crippen LogP contribution in [0.25, 0.3) is 0 Å². The summed E-state index contributed by atoms with van der Waals surface area (Å²) in [7, 11) is 2.00. The monoisotopic (exact) mass is 270 g/mol. The van der Waals surface area contributed by atoms with Crippen molar-refractivity contribution in [2.75, 3.05) is 7.05 Å². The maximum Gasteiger partial charge on any atom is 0.407 e. The van der Waals surface area contributed by atoms with Gasteiger partial charge in [0.25, 0.3) is 0 Å². The Labute approximate surface area is 117 Å². The zero-order chi connectivity index (χ0) is 14.9. The lowest BCUT2D eigenvalue weighted by Crippen LogP contribution is -2.49. The molecule has 1 amide bonds. The van der Waals surface area contributed by atoms with Gasteiger partial charge in [0.05, 0.1) is 0 Å². The fourth-order valence-corrected chi connectivity index (χ4v) is 2.12. The lowest BCUT2D eigenvalue weighted by molar-refractivity contribution is 0.0452. The number of amides is 1. The Hall–Kier alpha value is -0.770. The molecule has 0 radical (unpaired) electrons. The fourth-order valence-electron chi connectivity index (χ4n) is 2.12. The number of rotatable bonds is 4. The molecule has 1 atom stereocenters. The van der Waals surface area contributed by atoms with Crippen molar-refractivity contribution in [1.29, 1.82) is 0 Å². The van der Waals surface area contributed by atoms with Crippen LogP contribution in [0.4, 0.5) is 4.79 Å². The summed E-state index contributed by atoms with van der Waals surface area (Å²) in [4.78, 5) is 12.0. The van der Waals surface area contributed by atoms with E-state index >= 15 is 0 Å². The zero-order valence-corrected chi connectivity index (χ0v) is 13.5. The van der Waals surface area contributed by atoms with Crippen molar-refractivity contribution in [3.05, 3.63) is 0 Å². The molecule has 112 valence electrons. The van der Waals surface area contributed by atoms with E-state index in [0.717, 1.165) is 6.42 Å². The molecule has 0 aromatic carbocycles. The normalized spacial score (nSPS) is 19.7. The van der Waals surface area contributed by atoms with Crippen molar-refractivity contribution in [3.63, 3.8) is 0 Å². The molecule has 0 aromatic heterocycles. The number of carbonyl (C=O) groups is 1. The van der Waals surface area contributed by atoms with Gasteiger partial charge in [0, 0.05) is 11.6 Å². The second-order valence-corrected chi connectivity index (χ2v) is 7.80. The van der Waals surface area contributed by atoms with Gasteiger partial charge in [-0.15, -0.1) is 0 Å². The first-order valence-electron chi connectivity index (χ1n) is 7.16. The Morgan fingerprint density at radius 2 is 1.74 bits per heavy atom. The molecule has 4 heteroatoms. The molecule has 0 heterocycles. The average molecular weight is 270 g/mol. The van der Waals surface area contributed by atoms with Gasteiger partial charge in [-0.3, -0.25) is 0 Å². The topological polar surface area (TPSA) is 50.4 Å². The van der Waals surface area contributed by atoms with Crippen LogP contribution in [0.2, 0.25) is 0 Å². The van der Waals surface area contributed by atoms with Crippen LogP contribution in [0.1, 0.15) is 60.8 Å². The summed E-state index contributed by atoms with van der Waals surface area (Å²) >= 11 is 0. The first kappa shape index (κ1) is 16.3. The second-order valence-electron chi connectivity index (χ2n) is 7.80. The highest BCUT2D eigenvalue weighted by atomic mass is 16.6. The third-order valence-corrected chi connectivity index (χ3v) is 3.72. The summed E-state index contributed by atoms with van der Waals surface area (Å²) in [6.45, 7) is 12.1. The number of hydrogen-bond donors (Lipinski definition) is 2. The molecule has 1 rings (SSSR count). The van der Waals surface area contributed by atoms with Gasteiger partial charge in [0.1, 0.15) is 5.60 Å². The van der Waals surface area contributed by atoms with Crippen molar-refractivity contribution in [1.82, 2.24) is 10.6 Å². The van der Waals surface area contributed by atoms with Crippen molar-refractivity contribution >= 4 is 6.09 Å². The molecular formula is C15H30N2O2. The van der Waals surface area contributed by atoms with Crippen LogP contribution in [0.5, 0.6) is 0 Å². The molecule has 1 fully saturated rings. The van der Waals surface area contributed by atoms with Crippen molar-refractivity contribution < 1.29 is 9.53 Å². The minimum atomic E-state index is -0.452. The van der Waals surface area contributed by atoms with Gasteiger partial charge in [-0.2, -0.15) is 0 Å². The van der Waals surface area contributed by atoms with E-state index in [-0.39, 0.29) is 23.1 Å². The molecule has 4 nitrogen and oxygen atoms in total. The average Bonchev–Trinajstić information content (AvgIpc) is 2.93. The van der Waals surface area contributed by atoms with E-state index in [9.17, 15) is 4.79 Å². The zero-order valence-electron chi connectivity index (χ0n) is 13.5. The maximum atomic E-state index is 12.0. The SMILES string of the molecule is CNC1(CC(NC(=O)OC(C)(C)C)C(C)(C)C)CC1. The van der Waals surface area contributed by atoms with Gasteiger partial charge >= 0.3 is 6.09 Å². The molecule has 1 unspecified atom stereocenters. The van der Waals surface area contributed by atoms with Crippen molar-refractivity contribution in [2.45, 2.75) is 78.0 Å². The highest BCUT2D eigenvalue weighted by molar-refractivity contribution is 5.68. The number of carbonyl (C=O) groups excluding carboxylic acids is 1. The van der Waals surface area contributed by atoms with E-state index in [1.54, 1.807) is 0 Å². The molecule has 19 heavy (non-hydrogen) atoms. The maximum absolute atomic E-state index is 12.0. The first-order valence-corrected chi connectivity index (χ1v) is 7.16. The Morgan fingerprint density at radius 3 is 2.05 bits per heavy atom. The number of alkyl carbamates (subject to hydrolysis) is 1. The van der Waals surface area contributed by atoms with E-state index in [4.69, 9.17) is 4.74 Å². The van der Waals surface area contributed by atoms with Gasteiger partial charge in [0.2, 0.25) is 0 Å². The Balaban J connectivity index is 2.63. The summed E-state index contributed by atoms with van der Waals surface area (Å²) in [6.07, 6.45) is 3.00. The predicted octanol–water partition coefficient (Wildman–Crippen LogP) is 3.07. The number of hydrogen-bond acceptors (Lipinski definition) is 3. The first-order chi connectivity index (χ1) is 8.47. The predicted molar refractivity (Wildman–Crippen MR) is 78.3 cm³/mol. The molecular weight excluding hydrogens is 240 g/mol. The Morgan fingerprint density at radius 1 is 1.21 bits per heavy atom. The molecule has 0 spiro atoms. The van der Waals surface area contributed by atoms with Crippen LogP contribution < -0.4 is 10.6 Å². The smallest absolute Gasteiger partial charge is 0.407 e. The van der Waals surface area contributed by atoms with Crippen LogP contribution >= 0.6 is 0 Å². The van der Waals surface area contributed by atoms with E-state index in [2.05, 4.69) is 31.4 Å². The lowest BCUT2D eigenvalue weighted by Gasteiger charge is -2.35. The minimum absolute atomic E-state index is 0.0172. The Kier molecular flexibility index (Phi) is 4.55. The molecule has 0 aliphatic heterocycles. The van der Waals surface area contributed by atoms with Gasteiger partial charge < -0.3 is 15.4 Å². The third kappa shape index (κ3) is 5.39. The van der Waals surface area contributed by atoms with E-state index in [0.29, 0.717) is 0 Å². The van der Waals surface area contributed by atoms with Crippen molar-refractivity contribution in [2.24, 2.45) is 5.41 Å². The van der Waals surface area contributed by atoms with Crippen LogP contribution in [0.15, 0.2) is 0 Å². The summed E-state index contributed by atoms with van der Waals surface area (Å²) in [5, 5.41) is 6.43. The molecule has 0 saturated heterocycles. The van der Waals surface area contributed by atoms with Crippen LogP contribution in [-0.2, 0) is 4.74 Å².